The molecule has 0 spiro atoms. The van der Waals surface area contributed by atoms with E-state index in [2.05, 4.69) is 180 Å². The summed E-state index contributed by atoms with van der Waals surface area (Å²) in [6.45, 7) is 0. The highest BCUT2D eigenvalue weighted by Gasteiger charge is 2.27. The molecule has 0 bridgehead atoms. The molecule has 0 nitrogen and oxygen atoms in total. The fourth-order valence-electron chi connectivity index (χ4n) is 10.8. The fourth-order valence-corrected chi connectivity index (χ4v) is 19.4. The molecule has 0 fully saturated rings. The Hall–Kier alpha value is -5.82. The lowest BCUT2D eigenvalue weighted by Crippen LogP contribution is -1.99. The molecule has 0 amide bonds. The summed E-state index contributed by atoms with van der Waals surface area (Å²) in [5.74, 6) is 0. The average Bonchev–Trinajstić information content (AvgIpc) is 4.21. The standard InChI is InChI=1S/C60H30S9/c1-4-43(61-25-1)46-19-22-52(67-46)49-16-7-31(64-49)28-40-34-10-12-36-41(29-32-8-17-50(65-32)53-23-20-47(68-53)44-5-2-26-62-44)38-14-15-39-42(37-13-11-35(40)56-55(34)57(36)59(38)60(39)58(37)56)30-33-9-18-51(66-33)54-24-21-48(69-54)45-6-3-27-63-45/h1-30H. The highest BCUT2D eigenvalue weighted by atomic mass is 32.1. The van der Waals surface area contributed by atoms with Crippen LogP contribution in [0.4, 0.5) is 0 Å². The van der Waals surface area contributed by atoms with Gasteiger partial charge in [0.25, 0.3) is 0 Å². The van der Waals surface area contributed by atoms with Gasteiger partial charge in [-0.2, -0.15) is 0 Å². The van der Waals surface area contributed by atoms with E-state index in [1.165, 1.54) is 153 Å². The van der Waals surface area contributed by atoms with Crippen LogP contribution in [0, 0.1) is 0 Å². The minimum absolute atomic E-state index is 1.29. The first-order valence-electron chi connectivity index (χ1n) is 22.6. The van der Waals surface area contributed by atoms with Crippen molar-refractivity contribution in [2.75, 3.05) is 0 Å². The Morgan fingerprint density at radius 2 is 0.449 bits per heavy atom. The summed E-state index contributed by atoms with van der Waals surface area (Å²) in [4.78, 5) is 19.8. The molecule has 0 saturated carbocycles. The lowest BCUT2D eigenvalue weighted by molar-refractivity contribution is 1.82. The van der Waals surface area contributed by atoms with Crippen molar-refractivity contribution in [1.82, 2.24) is 0 Å². The Balaban J connectivity index is 0.899. The van der Waals surface area contributed by atoms with Crippen LogP contribution in [0.15, 0.2) is 162 Å². The van der Waals surface area contributed by atoms with Crippen molar-refractivity contribution in [1.29, 1.82) is 0 Å². The minimum atomic E-state index is 1.29. The van der Waals surface area contributed by atoms with E-state index in [-0.39, 0.29) is 0 Å². The topological polar surface area (TPSA) is 0 Å². The van der Waals surface area contributed by atoms with Crippen molar-refractivity contribution in [2.45, 2.75) is 0 Å². The van der Waals surface area contributed by atoms with Crippen molar-refractivity contribution in [3.05, 3.63) is 192 Å². The first-order valence-corrected chi connectivity index (χ1v) is 30.1. The van der Waals surface area contributed by atoms with Crippen molar-refractivity contribution in [2.24, 2.45) is 0 Å². The summed E-state index contributed by atoms with van der Waals surface area (Å²) < 4.78 is 0. The predicted octanol–water partition coefficient (Wildman–Crippen LogP) is 19.1. The molecule has 9 heteroatoms. The molecule has 0 aliphatic heterocycles. The van der Waals surface area contributed by atoms with Crippen LogP contribution in [-0.2, 0) is 0 Å². The van der Waals surface area contributed by atoms with Crippen molar-refractivity contribution >= 4 is 185 Å². The van der Waals surface area contributed by atoms with Crippen LogP contribution >= 0.6 is 102 Å². The summed E-state index contributed by atoms with van der Waals surface area (Å²) >= 11 is 16.8. The highest BCUT2D eigenvalue weighted by molar-refractivity contribution is 7.28. The van der Waals surface area contributed by atoms with Gasteiger partial charge in [-0.05, 0) is 206 Å². The molecule has 16 aromatic rings. The normalized spacial score (nSPS) is 12.3. The molecule has 324 valence electrons. The van der Waals surface area contributed by atoms with E-state index in [0.717, 1.165) is 0 Å². The van der Waals surface area contributed by atoms with E-state index in [4.69, 9.17) is 0 Å². The maximum absolute atomic E-state index is 2.48. The van der Waals surface area contributed by atoms with Gasteiger partial charge < -0.3 is 0 Å². The third-order valence-electron chi connectivity index (χ3n) is 13.7. The van der Waals surface area contributed by atoms with Crippen LogP contribution in [0.2, 0.25) is 0 Å². The maximum Gasteiger partial charge on any atom is 0.0449 e. The Morgan fingerprint density at radius 3 is 0.696 bits per heavy atom. The van der Waals surface area contributed by atoms with Crippen LogP contribution < -0.4 is 15.7 Å². The third-order valence-corrected chi connectivity index (χ3v) is 23.8. The summed E-state index contributed by atoms with van der Waals surface area (Å²) in [5.41, 5.74) is 0. The summed E-state index contributed by atoms with van der Waals surface area (Å²) in [6, 6.07) is 55.3. The van der Waals surface area contributed by atoms with E-state index in [9.17, 15) is 0 Å². The number of benzene rings is 4. The molecule has 9 aromatic heterocycles. The van der Waals surface area contributed by atoms with Crippen molar-refractivity contribution in [3.63, 3.8) is 0 Å². The Morgan fingerprint density at radius 1 is 0.217 bits per heavy atom. The molecule has 0 unspecified atom stereocenters. The number of rotatable bonds is 9. The van der Waals surface area contributed by atoms with Crippen LogP contribution in [0.5, 0.6) is 0 Å². The van der Waals surface area contributed by atoms with Gasteiger partial charge in [-0.3, -0.25) is 0 Å². The zero-order valence-electron chi connectivity index (χ0n) is 36.0. The molecule has 0 N–H and O–H groups in total. The second-order valence-corrected chi connectivity index (χ2v) is 26.9. The lowest BCUT2D eigenvalue weighted by atomic mass is 9.95. The molecule has 0 saturated heterocycles. The first-order chi connectivity index (χ1) is 34.1. The molecule has 0 atom stereocenters. The molecule has 69 heavy (non-hydrogen) atoms. The smallest absolute Gasteiger partial charge is 0.0449 e. The zero-order valence-corrected chi connectivity index (χ0v) is 43.3. The van der Waals surface area contributed by atoms with Gasteiger partial charge >= 0.3 is 0 Å². The molecular formula is C60H30S9. The van der Waals surface area contributed by atoms with E-state index in [0.29, 0.717) is 0 Å². The Kier molecular flexibility index (Phi) is 8.88. The van der Waals surface area contributed by atoms with Gasteiger partial charge in [0, 0.05) is 73.2 Å². The van der Waals surface area contributed by atoms with Crippen LogP contribution in [0.1, 0.15) is 14.6 Å². The molecule has 7 aromatic carbocycles. The van der Waals surface area contributed by atoms with E-state index < -0.39 is 0 Å². The zero-order chi connectivity index (χ0) is 44.9. The number of thiophene rings is 9. The third kappa shape index (κ3) is 6.10. The predicted molar refractivity (Wildman–Crippen MR) is 314 cm³/mol. The van der Waals surface area contributed by atoms with Crippen molar-refractivity contribution in [3.8, 4) is 58.5 Å². The molecule has 16 rings (SSSR count). The summed E-state index contributed by atoms with van der Waals surface area (Å²) in [5, 5.41) is 27.1. The van der Waals surface area contributed by atoms with E-state index in [1.807, 2.05) is 102 Å². The second-order valence-electron chi connectivity index (χ2n) is 17.4. The molecule has 0 aliphatic rings. The van der Waals surface area contributed by atoms with Crippen LogP contribution in [0.25, 0.3) is 141 Å². The van der Waals surface area contributed by atoms with Gasteiger partial charge in [-0.15, -0.1) is 102 Å². The van der Waals surface area contributed by atoms with E-state index in [1.54, 1.807) is 0 Å². The van der Waals surface area contributed by atoms with Gasteiger partial charge in [0.05, 0.1) is 0 Å². The van der Waals surface area contributed by atoms with Gasteiger partial charge in [0.15, 0.2) is 0 Å². The van der Waals surface area contributed by atoms with Gasteiger partial charge in [0.2, 0.25) is 0 Å². The van der Waals surface area contributed by atoms with Gasteiger partial charge in [-0.25, -0.2) is 0 Å². The Bertz CT molecular complexity index is 4080. The monoisotopic (exact) mass is 1040 g/mol. The molecule has 0 radical (unpaired) electrons. The SMILES string of the molecule is C(c1ccc(-c2ccc(-c3cccs3)s2)s1)=c1c2ccc3c(=Cc4ccc(-c5ccc(-c6cccs6)s5)s4)c4ccc5c(=Cc6ccc(-c7ccc(-c8cccs8)s7)s6)c6ccc1c1c2c3c4c5c61. The molecule has 9 heterocycles. The highest BCUT2D eigenvalue weighted by Crippen LogP contribution is 2.49. The fraction of sp³-hybridized carbons (Fsp3) is 0. The lowest BCUT2D eigenvalue weighted by Gasteiger charge is -2.07. The molecular weight excluding hydrogens is 1010 g/mol. The van der Waals surface area contributed by atoms with Crippen LogP contribution in [0.3, 0.4) is 0 Å². The quantitative estimate of drug-likeness (QED) is 0.126. The number of hydrogen-bond acceptors (Lipinski definition) is 9. The van der Waals surface area contributed by atoms with Gasteiger partial charge in [-0.1, -0.05) is 54.6 Å². The van der Waals surface area contributed by atoms with E-state index >= 15 is 0 Å². The van der Waals surface area contributed by atoms with Crippen LogP contribution in [-0.4, -0.2) is 0 Å². The minimum Gasteiger partial charge on any atom is -0.143 e. The first kappa shape index (κ1) is 40.0. The van der Waals surface area contributed by atoms with Crippen molar-refractivity contribution < 1.29 is 0 Å². The Labute approximate surface area is 431 Å². The largest absolute Gasteiger partial charge is 0.143 e. The maximum atomic E-state index is 2.48. The molecule has 0 aliphatic carbocycles. The summed E-state index contributed by atoms with van der Waals surface area (Å²) in [7, 11) is 0. The second kappa shape index (κ2) is 15.3. The van der Waals surface area contributed by atoms with Gasteiger partial charge in [0.1, 0.15) is 0 Å². The number of hydrogen-bond donors (Lipinski definition) is 0. The summed E-state index contributed by atoms with van der Waals surface area (Å²) in [6.07, 6.45) is 7.43. The average molecular weight is 1040 g/mol.